The fourth-order valence-electron chi connectivity index (χ4n) is 1.57. The Morgan fingerprint density at radius 1 is 1.20 bits per heavy atom. The van der Waals surface area contributed by atoms with Crippen LogP contribution in [-0.4, -0.2) is 50.2 Å². The molecular weight excluding hydrogens is 200 g/mol. The summed E-state index contributed by atoms with van der Waals surface area (Å²) in [5.74, 6) is 0.306. The zero-order valence-corrected chi connectivity index (χ0v) is 7.89. The second kappa shape index (κ2) is 4.19. The maximum Gasteiger partial charge on any atom is 0.159 e. The zero-order chi connectivity index (χ0) is 10.8. The molecule has 2 heterocycles. The average molecular weight is 212 g/mol. The van der Waals surface area contributed by atoms with Crippen molar-refractivity contribution in [1.29, 1.82) is 0 Å². The molecule has 0 saturated carbocycles. The van der Waals surface area contributed by atoms with E-state index in [-0.39, 0.29) is 6.61 Å². The number of nitrogens with zero attached hydrogens (tertiary/aromatic N) is 2. The largest absolute Gasteiger partial charge is 0.394 e. The van der Waals surface area contributed by atoms with Gasteiger partial charge in [0, 0.05) is 12.4 Å². The lowest BCUT2D eigenvalue weighted by Crippen LogP contribution is -2.32. The highest BCUT2D eigenvalue weighted by atomic mass is 16.6. The van der Waals surface area contributed by atoms with E-state index in [9.17, 15) is 10.2 Å². The Labute approximate surface area is 86.2 Å². The Balaban J connectivity index is 2.19. The van der Waals surface area contributed by atoms with Gasteiger partial charge < -0.3 is 20.1 Å². The van der Waals surface area contributed by atoms with Crippen LogP contribution in [0, 0.1) is 0 Å². The van der Waals surface area contributed by atoms with E-state index in [4.69, 9.17) is 9.84 Å². The van der Waals surface area contributed by atoms with Crippen LogP contribution >= 0.6 is 0 Å². The first-order valence-corrected chi connectivity index (χ1v) is 4.63. The van der Waals surface area contributed by atoms with Gasteiger partial charge in [-0.05, 0) is 6.07 Å². The van der Waals surface area contributed by atoms with Gasteiger partial charge in [0.25, 0.3) is 0 Å². The van der Waals surface area contributed by atoms with Crippen LogP contribution in [-0.2, 0) is 4.74 Å². The van der Waals surface area contributed by atoms with Crippen LogP contribution in [0.15, 0.2) is 18.5 Å². The van der Waals surface area contributed by atoms with Crippen molar-refractivity contribution in [3.8, 4) is 0 Å². The summed E-state index contributed by atoms with van der Waals surface area (Å²) in [4.78, 5) is 7.85. The third-order valence-electron chi connectivity index (χ3n) is 2.38. The molecule has 0 aliphatic carbocycles. The first-order valence-electron chi connectivity index (χ1n) is 4.63. The summed E-state index contributed by atoms with van der Waals surface area (Å²) in [7, 11) is 0. The molecule has 6 heteroatoms. The summed E-state index contributed by atoms with van der Waals surface area (Å²) in [6.07, 6.45) is -0.728. The van der Waals surface area contributed by atoms with Gasteiger partial charge in [-0.3, -0.25) is 0 Å². The van der Waals surface area contributed by atoms with Gasteiger partial charge in [-0.15, -0.1) is 0 Å². The zero-order valence-electron chi connectivity index (χ0n) is 7.89. The van der Waals surface area contributed by atoms with E-state index in [0.29, 0.717) is 5.82 Å². The molecule has 2 rings (SSSR count). The molecule has 1 fully saturated rings. The van der Waals surface area contributed by atoms with E-state index in [2.05, 4.69) is 9.97 Å². The molecule has 82 valence electrons. The van der Waals surface area contributed by atoms with Crippen LogP contribution in [0.25, 0.3) is 0 Å². The number of hydrogen-bond donors (Lipinski definition) is 3. The maximum atomic E-state index is 9.65. The lowest BCUT2D eigenvalue weighted by atomic mass is 10.1. The molecule has 1 saturated heterocycles. The second-order valence-electron chi connectivity index (χ2n) is 3.37. The van der Waals surface area contributed by atoms with Crippen LogP contribution in [0.5, 0.6) is 0 Å². The van der Waals surface area contributed by atoms with Crippen LogP contribution in [0.2, 0.25) is 0 Å². The molecule has 0 spiro atoms. The first kappa shape index (κ1) is 10.4. The molecule has 1 aromatic heterocycles. The van der Waals surface area contributed by atoms with E-state index in [1.807, 2.05) is 0 Å². The first-order chi connectivity index (χ1) is 7.24. The van der Waals surface area contributed by atoms with Crippen molar-refractivity contribution in [2.45, 2.75) is 24.4 Å². The summed E-state index contributed by atoms with van der Waals surface area (Å²) < 4.78 is 5.25. The third-order valence-corrected chi connectivity index (χ3v) is 2.38. The summed E-state index contributed by atoms with van der Waals surface area (Å²) in [5.41, 5.74) is 0. The van der Waals surface area contributed by atoms with Gasteiger partial charge in [-0.1, -0.05) is 0 Å². The molecule has 4 unspecified atom stereocenters. The molecule has 3 N–H and O–H groups in total. The Kier molecular flexibility index (Phi) is 2.92. The van der Waals surface area contributed by atoms with Crippen molar-refractivity contribution in [3.05, 3.63) is 24.3 Å². The molecule has 6 nitrogen and oxygen atoms in total. The van der Waals surface area contributed by atoms with Gasteiger partial charge in [-0.25, -0.2) is 9.97 Å². The maximum absolute atomic E-state index is 9.65. The van der Waals surface area contributed by atoms with Crippen molar-refractivity contribution < 1.29 is 20.1 Å². The molecule has 0 amide bonds. The predicted molar refractivity (Wildman–Crippen MR) is 48.7 cm³/mol. The Morgan fingerprint density at radius 2 is 1.87 bits per heavy atom. The van der Waals surface area contributed by atoms with Crippen LogP contribution in [0.1, 0.15) is 11.9 Å². The highest BCUT2D eigenvalue weighted by Crippen LogP contribution is 2.31. The number of aliphatic hydroxyl groups is 3. The predicted octanol–water partition coefficient (Wildman–Crippen LogP) is -1.37. The minimum Gasteiger partial charge on any atom is -0.394 e. The highest BCUT2D eigenvalue weighted by molar-refractivity contribution is 5.02. The number of hydrogen-bond acceptors (Lipinski definition) is 6. The molecule has 0 bridgehead atoms. The molecule has 4 atom stereocenters. The Morgan fingerprint density at radius 3 is 2.40 bits per heavy atom. The third kappa shape index (κ3) is 1.84. The van der Waals surface area contributed by atoms with Crippen LogP contribution in [0.4, 0.5) is 0 Å². The quantitative estimate of drug-likeness (QED) is 0.560. The van der Waals surface area contributed by atoms with E-state index in [0.717, 1.165) is 0 Å². The minimum atomic E-state index is -1.11. The lowest BCUT2D eigenvalue weighted by molar-refractivity contribution is -0.0253. The summed E-state index contributed by atoms with van der Waals surface area (Å²) >= 11 is 0. The SMILES string of the molecule is OCC1OC(c2ncccn2)C(O)C1O. The van der Waals surface area contributed by atoms with E-state index < -0.39 is 24.4 Å². The van der Waals surface area contributed by atoms with Gasteiger partial charge in [0.1, 0.15) is 24.4 Å². The van der Waals surface area contributed by atoms with Crippen molar-refractivity contribution in [2.75, 3.05) is 6.61 Å². The fourth-order valence-corrected chi connectivity index (χ4v) is 1.57. The number of rotatable bonds is 2. The molecule has 1 aliphatic heterocycles. The van der Waals surface area contributed by atoms with Crippen molar-refractivity contribution in [1.82, 2.24) is 9.97 Å². The second-order valence-corrected chi connectivity index (χ2v) is 3.37. The molecule has 0 aromatic carbocycles. The van der Waals surface area contributed by atoms with Gasteiger partial charge >= 0.3 is 0 Å². The summed E-state index contributed by atoms with van der Waals surface area (Å²) in [6, 6.07) is 1.64. The molecule has 1 aromatic rings. The highest BCUT2D eigenvalue weighted by Gasteiger charge is 2.44. The van der Waals surface area contributed by atoms with Crippen LogP contribution < -0.4 is 0 Å². The standard InChI is InChI=1S/C9H12N2O4/c12-4-5-6(13)7(14)8(15-5)9-10-2-1-3-11-9/h1-3,5-8,12-14H,4H2. The topological polar surface area (TPSA) is 95.7 Å². The number of aromatic nitrogens is 2. The monoisotopic (exact) mass is 212 g/mol. The fraction of sp³-hybridized carbons (Fsp3) is 0.556. The average Bonchev–Trinajstić information content (AvgIpc) is 2.57. The van der Waals surface area contributed by atoms with E-state index in [1.54, 1.807) is 6.07 Å². The lowest BCUT2D eigenvalue weighted by Gasteiger charge is -2.12. The van der Waals surface area contributed by atoms with Crippen molar-refractivity contribution >= 4 is 0 Å². The van der Waals surface area contributed by atoms with E-state index >= 15 is 0 Å². The van der Waals surface area contributed by atoms with Gasteiger partial charge in [-0.2, -0.15) is 0 Å². The Hall–Kier alpha value is -1.08. The Bertz CT molecular complexity index is 321. The van der Waals surface area contributed by atoms with Crippen LogP contribution in [0.3, 0.4) is 0 Å². The molecular formula is C9H12N2O4. The summed E-state index contributed by atoms with van der Waals surface area (Å²) in [5, 5.41) is 28.0. The number of ether oxygens (including phenoxy) is 1. The molecule has 15 heavy (non-hydrogen) atoms. The molecule has 0 radical (unpaired) electrons. The smallest absolute Gasteiger partial charge is 0.159 e. The van der Waals surface area contributed by atoms with Gasteiger partial charge in [0.2, 0.25) is 0 Å². The molecule has 1 aliphatic rings. The van der Waals surface area contributed by atoms with Gasteiger partial charge in [0.05, 0.1) is 6.61 Å². The van der Waals surface area contributed by atoms with Crippen molar-refractivity contribution in [2.24, 2.45) is 0 Å². The number of aliphatic hydroxyl groups excluding tert-OH is 3. The van der Waals surface area contributed by atoms with E-state index in [1.165, 1.54) is 12.4 Å². The van der Waals surface area contributed by atoms with Gasteiger partial charge in [0.15, 0.2) is 5.82 Å². The summed E-state index contributed by atoms with van der Waals surface area (Å²) in [6.45, 7) is -0.346. The minimum absolute atomic E-state index is 0.306. The van der Waals surface area contributed by atoms with Crippen molar-refractivity contribution in [3.63, 3.8) is 0 Å². The normalized spacial score (nSPS) is 35.7.